The number of carbonyl (C=O) groups excluding carboxylic acids is 4. The van der Waals surface area contributed by atoms with Crippen LogP contribution in [0.3, 0.4) is 0 Å². The van der Waals surface area contributed by atoms with Gasteiger partial charge in [-0.3, -0.25) is 9.59 Å². The second-order valence-corrected chi connectivity index (χ2v) is 6.21. The van der Waals surface area contributed by atoms with Crippen LogP contribution >= 0.6 is 0 Å². The molecule has 1 aromatic rings. The van der Waals surface area contributed by atoms with Crippen LogP contribution in [0.1, 0.15) is 31.1 Å². The zero-order valence-corrected chi connectivity index (χ0v) is 17.1. The van der Waals surface area contributed by atoms with Gasteiger partial charge in [0.25, 0.3) is 5.91 Å². The molecule has 0 fully saturated rings. The highest BCUT2D eigenvalue weighted by atomic mass is 16.5. The summed E-state index contributed by atoms with van der Waals surface area (Å²) in [5.74, 6) is -1.45. The van der Waals surface area contributed by atoms with Crippen molar-refractivity contribution < 1.29 is 33.4 Å². The molecule has 0 saturated heterocycles. The molecule has 0 bridgehead atoms. The third-order valence-electron chi connectivity index (χ3n) is 4.07. The molecule has 1 aromatic carbocycles. The van der Waals surface area contributed by atoms with Gasteiger partial charge >= 0.3 is 18.0 Å². The van der Waals surface area contributed by atoms with E-state index in [2.05, 4.69) is 16.0 Å². The number of urea groups is 1. The molecule has 0 spiro atoms. The highest BCUT2D eigenvalue weighted by molar-refractivity contribution is 5.98. The topological polar surface area (TPSA) is 132 Å². The van der Waals surface area contributed by atoms with E-state index in [1.54, 1.807) is 45.0 Å². The molecule has 1 atom stereocenters. The van der Waals surface area contributed by atoms with Crippen molar-refractivity contribution in [1.29, 1.82) is 0 Å². The Labute approximate surface area is 173 Å². The lowest BCUT2D eigenvalue weighted by Gasteiger charge is -2.26. The Balaban J connectivity index is 1.97. The SMILES string of the molecule is CCOC(=O)C1=C(COC(=O)CNC(=O)c2ccccc2OCC)NC(=O)N[C@H]1C. The molecule has 0 unspecified atom stereocenters. The van der Waals surface area contributed by atoms with Crippen molar-refractivity contribution in [2.24, 2.45) is 0 Å². The molecular formula is C20H25N3O7. The van der Waals surface area contributed by atoms with Gasteiger partial charge in [-0.05, 0) is 32.9 Å². The second kappa shape index (κ2) is 10.8. The van der Waals surface area contributed by atoms with E-state index in [0.717, 1.165) is 0 Å². The van der Waals surface area contributed by atoms with E-state index >= 15 is 0 Å². The molecule has 3 amide bonds. The number of esters is 2. The van der Waals surface area contributed by atoms with Crippen molar-refractivity contribution in [3.63, 3.8) is 0 Å². The first-order valence-corrected chi connectivity index (χ1v) is 9.50. The minimum atomic E-state index is -0.742. The van der Waals surface area contributed by atoms with Crippen molar-refractivity contribution in [2.75, 3.05) is 26.4 Å². The fourth-order valence-electron chi connectivity index (χ4n) is 2.78. The van der Waals surface area contributed by atoms with E-state index in [1.807, 2.05) is 0 Å². The fourth-order valence-corrected chi connectivity index (χ4v) is 2.78. The summed E-state index contributed by atoms with van der Waals surface area (Å²) in [6.45, 7) is 4.87. The van der Waals surface area contributed by atoms with Crippen molar-refractivity contribution in [3.05, 3.63) is 41.1 Å². The van der Waals surface area contributed by atoms with Crippen LogP contribution in [0.2, 0.25) is 0 Å². The predicted molar refractivity (Wildman–Crippen MR) is 106 cm³/mol. The average Bonchev–Trinajstić information content (AvgIpc) is 2.70. The summed E-state index contributed by atoms with van der Waals surface area (Å²) in [7, 11) is 0. The Bertz CT molecular complexity index is 851. The van der Waals surface area contributed by atoms with Gasteiger partial charge in [0, 0.05) is 0 Å². The van der Waals surface area contributed by atoms with Gasteiger partial charge in [0.05, 0.1) is 36.1 Å². The highest BCUT2D eigenvalue weighted by Gasteiger charge is 2.30. The maximum atomic E-state index is 12.3. The lowest BCUT2D eigenvalue weighted by molar-refractivity contribution is -0.142. The fraction of sp³-hybridized carbons (Fsp3) is 0.400. The molecule has 0 radical (unpaired) electrons. The van der Waals surface area contributed by atoms with E-state index in [4.69, 9.17) is 14.2 Å². The van der Waals surface area contributed by atoms with Gasteiger partial charge < -0.3 is 30.2 Å². The molecule has 1 aliphatic rings. The third-order valence-corrected chi connectivity index (χ3v) is 4.07. The van der Waals surface area contributed by atoms with Gasteiger partial charge in [-0.1, -0.05) is 12.1 Å². The average molecular weight is 419 g/mol. The molecule has 1 heterocycles. The van der Waals surface area contributed by atoms with Crippen LogP contribution in [0.15, 0.2) is 35.5 Å². The van der Waals surface area contributed by atoms with Gasteiger partial charge in [-0.15, -0.1) is 0 Å². The largest absolute Gasteiger partial charge is 0.493 e. The summed E-state index contributed by atoms with van der Waals surface area (Å²) in [5, 5.41) is 7.45. The van der Waals surface area contributed by atoms with Crippen LogP contribution in [-0.2, 0) is 19.1 Å². The molecule has 10 heteroatoms. The lowest BCUT2D eigenvalue weighted by atomic mass is 10.0. The standard InChI is InChI=1S/C20H25N3O7/c1-4-28-15-9-7-6-8-13(15)18(25)21-10-16(24)30-11-14-17(19(26)29-5-2)12(3)22-20(27)23-14/h6-9,12H,4-5,10-11H2,1-3H3,(H,21,25)(H2,22,23,27)/t12-/m0/s1. The number of hydrogen-bond donors (Lipinski definition) is 3. The number of nitrogens with one attached hydrogen (secondary N) is 3. The quantitative estimate of drug-likeness (QED) is 0.506. The van der Waals surface area contributed by atoms with Crippen molar-refractivity contribution in [1.82, 2.24) is 16.0 Å². The van der Waals surface area contributed by atoms with Crippen LogP contribution in [0.4, 0.5) is 4.79 Å². The summed E-state index contributed by atoms with van der Waals surface area (Å²) in [6, 6.07) is 5.51. The molecular weight excluding hydrogens is 394 g/mol. The van der Waals surface area contributed by atoms with Gasteiger partial charge in [0.2, 0.25) is 0 Å². The lowest BCUT2D eigenvalue weighted by Crippen LogP contribution is -2.50. The van der Waals surface area contributed by atoms with E-state index in [1.165, 1.54) is 0 Å². The predicted octanol–water partition coefficient (Wildman–Crippen LogP) is 0.877. The smallest absolute Gasteiger partial charge is 0.338 e. The van der Waals surface area contributed by atoms with Crippen LogP contribution in [0, 0.1) is 0 Å². The Morgan fingerprint density at radius 2 is 1.83 bits per heavy atom. The molecule has 0 aromatic heterocycles. The number of carbonyl (C=O) groups is 4. The van der Waals surface area contributed by atoms with Gasteiger partial charge in [-0.2, -0.15) is 0 Å². The minimum Gasteiger partial charge on any atom is -0.493 e. The normalized spacial score (nSPS) is 15.6. The first-order valence-electron chi connectivity index (χ1n) is 9.50. The maximum Gasteiger partial charge on any atom is 0.338 e. The number of hydrogen-bond acceptors (Lipinski definition) is 7. The van der Waals surface area contributed by atoms with E-state index in [9.17, 15) is 19.2 Å². The third kappa shape index (κ3) is 5.97. The molecule has 30 heavy (non-hydrogen) atoms. The number of ether oxygens (including phenoxy) is 3. The summed E-state index contributed by atoms with van der Waals surface area (Å²) < 4.78 is 15.5. The number of amides is 3. The molecule has 0 saturated carbocycles. The number of para-hydroxylation sites is 1. The first-order chi connectivity index (χ1) is 14.4. The van der Waals surface area contributed by atoms with Crippen LogP contribution in [0.5, 0.6) is 5.75 Å². The van der Waals surface area contributed by atoms with Crippen molar-refractivity contribution >= 4 is 23.9 Å². The summed E-state index contributed by atoms with van der Waals surface area (Å²) >= 11 is 0. The maximum absolute atomic E-state index is 12.3. The van der Waals surface area contributed by atoms with Crippen molar-refractivity contribution in [2.45, 2.75) is 26.8 Å². The monoisotopic (exact) mass is 419 g/mol. The minimum absolute atomic E-state index is 0.131. The molecule has 10 nitrogen and oxygen atoms in total. The zero-order chi connectivity index (χ0) is 22.1. The second-order valence-electron chi connectivity index (χ2n) is 6.21. The molecule has 2 rings (SSSR count). The molecule has 162 valence electrons. The molecule has 1 aliphatic heterocycles. The van der Waals surface area contributed by atoms with Gasteiger partial charge in [-0.25, -0.2) is 9.59 Å². The van der Waals surface area contributed by atoms with E-state index < -0.39 is 36.5 Å². The zero-order valence-electron chi connectivity index (χ0n) is 17.1. The van der Waals surface area contributed by atoms with E-state index in [0.29, 0.717) is 17.9 Å². The van der Waals surface area contributed by atoms with E-state index in [-0.39, 0.29) is 24.5 Å². The summed E-state index contributed by atoms with van der Waals surface area (Å²) in [6.07, 6.45) is 0. The van der Waals surface area contributed by atoms with Crippen LogP contribution < -0.4 is 20.7 Å². The Hall–Kier alpha value is -3.56. The summed E-state index contributed by atoms with van der Waals surface area (Å²) in [4.78, 5) is 48.2. The van der Waals surface area contributed by atoms with Crippen molar-refractivity contribution in [3.8, 4) is 5.75 Å². The first kappa shape index (κ1) is 22.7. The molecule has 0 aliphatic carbocycles. The van der Waals surface area contributed by atoms with Crippen LogP contribution in [0.25, 0.3) is 0 Å². The summed E-state index contributed by atoms with van der Waals surface area (Å²) in [5.41, 5.74) is 0.587. The molecule has 3 N–H and O–H groups in total. The highest BCUT2D eigenvalue weighted by Crippen LogP contribution is 2.18. The Morgan fingerprint density at radius 3 is 2.53 bits per heavy atom. The Kier molecular flexibility index (Phi) is 8.21. The Morgan fingerprint density at radius 1 is 1.10 bits per heavy atom. The van der Waals surface area contributed by atoms with Gasteiger partial charge in [0.1, 0.15) is 18.9 Å². The number of rotatable bonds is 9. The van der Waals surface area contributed by atoms with Gasteiger partial charge in [0.15, 0.2) is 0 Å². The number of benzene rings is 1. The van der Waals surface area contributed by atoms with Crippen LogP contribution in [-0.4, -0.2) is 56.3 Å².